The zero-order valence-corrected chi connectivity index (χ0v) is 19.8. The monoisotopic (exact) mass is 491 g/mol. The van der Waals surface area contributed by atoms with Gasteiger partial charge in [-0.25, -0.2) is 8.42 Å². The topological polar surface area (TPSA) is 78.5 Å². The third-order valence-electron chi connectivity index (χ3n) is 5.11. The minimum Gasteiger partial charge on any atom is -0.378 e. The number of anilines is 3. The molecule has 0 atom stereocenters. The Morgan fingerprint density at radius 2 is 1.65 bits per heavy atom. The minimum atomic E-state index is -4.70. The number of halogens is 3. The van der Waals surface area contributed by atoms with Gasteiger partial charge in [0.15, 0.2) is 0 Å². The fraction of sp³-hybridized carbons (Fsp3) is 0.208. The van der Waals surface area contributed by atoms with Gasteiger partial charge in [0.1, 0.15) is 0 Å². The summed E-state index contributed by atoms with van der Waals surface area (Å²) in [5.41, 5.74) is 0.440. The molecule has 0 saturated heterocycles. The third-order valence-corrected chi connectivity index (χ3v) is 6.49. The minimum absolute atomic E-state index is 0.0584. The van der Waals surface area contributed by atoms with Gasteiger partial charge in [-0.05, 0) is 67.4 Å². The van der Waals surface area contributed by atoms with Crippen LogP contribution < -0.4 is 14.9 Å². The Hall–Kier alpha value is -3.53. The first kappa shape index (κ1) is 25.1. The van der Waals surface area contributed by atoms with Gasteiger partial charge in [0, 0.05) is 31.0 Å². The molecule has 0 aliphatic carbocycles. The first-order chi connectivity index (χ1) is 15.8. The summed E-state index contributed by atoms with van der Waals surface area (Å²) in [6.07, 6.45) is -4.70. The zero-order chi connectivity index (χ0) is 25.3. The van der Waals surface area contributed by atoms with Crippen molar-refractivity contribution < 1.29 is 26.4 Å². The Kier molecular flexibility index (Phi) is 6.92. The van der Waals surface area contributed by atoms with E-state index in [1.54, 1.807) is 39.2 Å². The van der Waals surface area contributed by atoms with Gasteiger partial charge >= 0.3 is 6.18 Å². The number of nitrogens with zero attached hydrogens (tertiary/aromatic N) is 1. The molecule has 0 fully saturated rings. The van der Waals surface area contributed by atoms with Crippen LogP contribution in [-0.4, -0.2) is 28.4 Å². The number of amides is 1. The first-order valence-corrected chi connectivity index (χ1v) is 11.7. The largest absolute Gasteiger partial charge is 0.418 e. The summed E-state index contributed by atoms with van der Waals surface area (Å²) in [6.45, 7) is 3.38. The number of rotatable bonds is 6. The standard InChI is InChI=1S/C24H24F3N3O3S/c1-15-6-5-7-17(12-15)29-34(32,33)19-10-8-16(2)20(14-19)23(31)28-22-11-9-18(30(3)4)13-21(22)24(25,26)27/h5-14,29H,1-4H3,(H,28,31). The molecule has 0 aliphatic heterocycles. The molecule has 6 nitrogen and oxygen atoms in total. The number of benzene rings is 3. The molecule has 0 aliphatic rings. The van der Waals surface area contributed by atoms with E-state index in [-0.39, 0.29) is 10.5 Å². The van der Waals surface area contributed by atoms with Gasteiger partial charge in [-0.1, -0.05) is 18.2 Å². The second-order valence-corrected chi connectivity index (χ2v) is 9.71. The molecule has 0 heterocycles. The molecule has 0 aromatic heterocycles. The molecule has 3 rings (SSSR count). The van der Waals surface area contributed by atoms with E-state index in [0.29, 0.717) is 16.9 Å². The molecule has 0 radical (unpaired) electrons. The number of alkyl halides is 3. The molecule has 1 amide bonds. The highest BCUT2D eigenvalue weighted by atomic mass is 32.2. The van der Waals surface area contributed by atoms with Crippen LogP contribution in [0.3, 0.4) is 0 Å². The maximum absolute atomic E-state index is 13.6. The molecule has 3 aromatic rings. The van der Waals surface area contributed by atoms with Crippen LogP contribution in [0.25, 0.3) is 0 Å². The SMILES string of the molecule is Cc1cccc(NS(=O)(=O)c2ccc(C)c(C(=O)Nc3ccc(N(C)C)cc3C(F)(F)F)c2)c1. The van der Waals surface area contributed by atoms with Crippen molar-refractivity contribution in [3.8, 4) is 0 Å². The van der Waals surface area contributed by atoms with Crippen molar-refractivity contribution >= 4 is 33.0 Å². The summed E-state index contributed by atoms with van der Waals surface area (Å²) < 4.78 is 69.0. The van der Waals surface area contributed by atoms with Crippen LogP contribution in [0.1, 0.15) is 27.0 Å². The van der Waals surface area contributed by atoms with Crippen LogP contribution in [0.2, 0.25) is 0 Å². The number of aryl methyl sites for hydroxylation is 2. The van der Waals surface area contributed by atoms with Gasteiger partial charge in [0.25, 0.3) is 15.9 Å². The number of nitrogens with one attached hydrogen (secondary N) is 2. The lowest BCUT2D eigenvalue weighted by Crippen LogP contribution is -2.20. The molecule has 3 aromatic carbocycles. The molecule has 0 spiro atoms. The van der Waals surface area contributed by atoms with E-state index in [2.05, 4.69) is 10.0 Å². The van der Waals surface area contributed by atoms with Crippen LogP contribution in [0.4, 0.5) is 30.2 Å². The van der Waals surface area contributed by atoms with Crippen LogP contribution >= 0.6 is 0 Å². The average molecular weight is 492 g/mol. The Morgan fingerprint density at radius 1 is 0.941 bits per heavy atom. The Labute approximate surface area is 196 Å². The quantitative estimate of drug-likeness (QED) is 0.481. The maximum Gasteiger partial charge on any atom is 0.418 e. The Bertz CT molecular complexity index is 1340. The highest BCUT2D eigenvalue weighted by molar-refractivity contribution is 7.92. The lowest BCUT2D eigenvalue weighted by Gasteiger charge is -2.19. The number of carbonyl (C=O) groups excluding carboxylic acids is 1. The van der Waals surface area contributed by atoms with Crippen LogP contribution in [0.15, 0.2) is 65.6 Å². The first-order valence-electron chi connectivity index (χ1n) is 10.2. The van der Waals surface area contributed by atoms with Crippen molar-refractivity contribution in [3.05, 3.63) is 82.9 Å². The number of hydrogen-bond acceptors (Lipinski definition) is 4. The summed E-state index contributed by atoms with van der Waals surface area (Å²) in [7, 11) is -0.828. The summed E-state index contributed by atoms with van der Waals surface area (Å²) in [6, 6.07) is 14.2. The molecule has 34 heavy (non-hydrogen) atoms. The average Bonchev–Trinajstić information content (AvgIpc) is 2.72. The fourth-order valence-corrected chi connectivity index (χ4v) is 4.35. The lowest BCUT2D eigenvalue weighted by molar-refractivity contribution is -0.136. The smallest absolute Gasteiger partial charge is 0.378 e. The van der Waals surface area contributed by atoms with E-state index in [9.17, 15) is 26.4 Å². The van der Waals surface area contributed by atoms with Crippen molar-refractivity contribution in [2.45, 2.75) is 24.9 Å². The zero-order valence-electron chi connectivity index (χ0n) is 19.0. The van der Waals surface area contributed by atoms with Crippen molar-refractivity contribution in [1.29, 1.82) is 0 Å². The van der Waals surface area contributed by atoms with Crippen LogP contribution in [0.5, 0.6) is 0 Å². The van der Waals surface area contributed by atoms with Gasteiger partial charge < -0.3 is 10.2 Å². The summed E-state index contributed by atoms with van der Waals surface area (Å²) in [5.74, 6) is -0.854. The van der Waals surface area contributed by atoms with E-state index in [0.717, 1.165) is 17.7 Å². The van der Waals surface area contributed by atoms with Crippen molar-refractivity contribution in [1.82, 2.24) is 0 Å². The van der Waals surface area contributed by atoms with Gasteiger partial charge in [-0.3, -0.25) is 9.52 Å². The molecule has 180 valence electrons. The van der Waals surface area contributed by atoms with E-state index >= 15 is 0 Å². The normalized spacial score (nSPS) is 11.7. The van der Waals surface area contributed by atoms with Crippen molar-refractivity contribution in [3.63, 3.8) is 0 Å². The molecular formula is C24H24F3N3O3S. The molecular weight excluding hydrogens is 467 g/mol. The lowest BCUT2D eigenvalue weighted by atomic mass is 10.1. The van der Waals surface area contributed by atoms with Gasteiger partial charge in [-0.15, -0.1) is 0 Å². The highest BCUT2D eigenvalue weighted by Crippen LogP contribution is 2.37. The summed E-state index contributed by atoms with van der Waals surface area (Å²) in [4.78, 5) is 14.2. The molecule has 0 bridgehead atoms. The van der Waals surface area contributed by atoms with Gasteiger partial charge in [-0.2, -0.15) is 13.2 Å². The van der Waals surface area contributed by atoms with E-state index in [4.69, 9.17) is 0 Å². The third kappa shape index (κ3) is 5.69. The second-order valence-electron chi connectivity index (χ2n) is 8.03. The second kappa shape index (κ2) is 9.38. The van der Waals surface area contributed by atoms with Gasteiger partial charge in [0.05, 0.1) is 16.1 Å². The highest BCUT2D eigenvalue weighted by Gasteiger charge is 2.34. The van der Waals surface area contributed by atoms with E-state index in [1.807, 2.05) is 13.0 Å². The maximum atomic E-state index is 13.6. The molecule has 10 heteroatoms. The van der Waals surface area contributed by atoms with Crippen molar-refractivity contribution in [2.24, 2.45) is 0 Å². The fourth-order valence-electron chi connectivity index (χ4n) is 3.28. The Balaban J connectivity index is 1.94. The number of sulfonamides is 1. The molecule has 0 saturated carbocycles. The molecule has 2 N–H and O–H groups in total. The predicted octanol–water partition coefficient (Wildman–Crippen LogP) is 5.44. The van der Waals surface area contributed by atoms with E-state index in [1.165, 1.54) is 29.2 Å². The van der Waals surface area contributed by atoms with E-state index < -0.39 is 33.4 Å². The molecule has 0 unspecified atom stereocenters. The van der Waals surface area contributed by atoms with Crippen LogP contribution in [0, 0.1) is 13.8 Å². The van der Waals surface area contributed by atoms with Gasteiger partial charge in [0.2, 0.25) is 0 Å². The summed E-state index contributed by atoms with van der Waals surface area (Å²) in [5, 5.41) is 2.28. The summed E-state index contributed by atoms with van der Waals surface area (Å²) >= 11 is 0. The number of carbonyl (C=O) groups is 1. The number of hydrogen-bond donors (Lipinski definition) is 2. The van der Waals surface area contributed by atoms with Crippen molar-refractivity contribution in [2.75, 3.05) is 29.0 Å². The Morgan fingerprint density at radius 3 is 2.26 bits per heavy atom. The predicted molar refractivity (Wildman–Crippen MR) is 127 cm³/mol. The van der Waals surface area contributed by atoms with Crippen LogP contribution in [-0.2, 0) is 16.2 Å².